The fourth-order valence-corrected chi connectivity index (χ4v) is 1.13. The first-order chi connectivity index (χ1) is 4.75. The number of carbonyl (C=O) groups excluding carboxylic acids is 1. The Hall–Kier alpha value is -0.570. The SMILES string of the molecule is COC(=O)[C@H](N)C1CCC1. The maximum absolute atomic E-state index is 10.8. The van der Waals surface area contributed by atoms with Crippen molar-refractivity contribution in [1.82, 2.24) is 0 Å². The van der Waals surface area contributed by atoms with Gasteiger partial charge >= 0.3 is 5.97 Å². The highest BCUT2D eigenvalue weighted by molar-refractivity contribution is 5.75. The van der Waals surface area contributed by atoms with E-state index in [1.54, 1.807) is 0 Å². The number of nitrogens with two attached hydrogens (primary N) is 1. The molecule has 3 nitrogen and oxygen atoms in total. The number of carbonyl (C=O) groups is 1. The highest BCUT2D eigenvalue weighted by Crippen LogP contribution is 2.28. The quantitative estimate of drug-likeness (QED) is 0.565. The van der Waals surface area contributed by atoms with E-state index >= 15 is 0 Å². The molecule has 0 aliphatic heterocycles. The third-order valence-corrected chi connectivity index (χ3v) is 2.13. The van der Waals surface area contributed by atoms with Gasteiger partial charge in [0.05, 0.1) is 7.11 Å². The normalized spacial score (nSPS) is 21.4. The van der Waals surface area contributed by atoms with Crippen molar-refractivity contribution in [3.8, 4) is 0 Å². The molecule has 0 bridgehead atoms. The van der Waals surface area contributed by atoms with E-state index in [1.807, 2.05) is 0 Å². The van der Waals surface area contributed by atoms with Gasteiger partial charge in [-0.3, -0.25) is 4.79 Å². The van der Waals surface area contributed by atoms with Gasteiger partial charge in [-0.2, -0.15) is 0 Å². The van der Waals surface area contributed by atoms with Crippen LogP contribution in [0.1, 0.15) is 19.3 Å². The van der Waals surface area contributed by atoms with E-state index in [1.165, 1.54) is 13.5 Å². The average molecular weight is 143 g/mol. The largest absolute Gasteiger partial charge is 0.468 e. The summed E-state index contributed by atoms with van der Waals surface area (Å²) >= 11 is 0. The molecular weight excluding hydrogens is 130 g/mol. The molecule has 10 heavy (non-hydrogen) atoms. The van der Waals surface area contributed by atoms with Crippen molar-refractivity contribution in [2.75, 3.05) is 7.11 Å². The van der Waals surface area contributed by atoms with Gasteiger partial charge in [0.15, 0.2) is 0 Å². The second-order valence-electron chi connectivity index (χ2n) is 2.74. The van der Waals surface area contributed by atoms with Crippen molar-refractivity contribution in [3.63, 3.8) is 0 Å². The van der Waals surface area contributed by atoms with Crippen molar-refractivity contribution in [2.24, 2.45) is 11.7 Å². The Morgan fingerprint density at radius 2 is 2.30 bits per heavy atom. The highest BCUT2D eigenvalue weighted by atomic mass is 16.5. The first kappa shape index (κ1) is 7.54. The Kier molecular flexibility index (Phi) is 2.27. The Balaban J connectivity index is 2.31. The molecule has 0 radical (unpaired) electrons. The summed E-state index contributed by atoms with van der Waals surface area (Å²) in [5, 5.41) is 0. The maximum atomic E-state index is 10.8. The van der Waals surface area contributed by atoms with E-state index < -0.39 is 0 Å². The number of rotatable bonds is 2. The molecule has 1 atom stereocenters. The van der Waals surface area contributed by atoms with Gasteiger partial charge in [0, 0.05) is 0 Å². The molecule has 0 spiro atoms. The van der Waals surface area contributed by atoms with Crippen LogP contribution >= 0.6 is 0 Å². The standard InChI is InChI=1S/C7H13NO2/c1-10-7(9)6(8)5-3-2-4-5/h5-6H,2-4,8H2,1H3/t6-/m1/s1. The minimum Gasteiger partial charge on any atom is -0.468 e. The zero-order valence-corrected chi connectivity index (χ0v) is 6.17. The lowest BCUT2D eigenvalue weighted by atomic mass is 9.80. The third kappa shape index (κ3) is 1.29. The zero-order valence-electron chi connectivity index (χ0n) is 6.17. The smallest absolute Gasteiger partial charge is 0.322 e. The molecule has 0 aromatic rings. The van der Waals surface area contributed by atoms with Crippen molar-refractivity contribution in [2.45, 2.75) is 25.3 Å². The van der Waals surface area contributed by atoms with E-state index in [0.29, 0.717) is 5.92 Å². The van der Waals surface area contributed by atoms with E-state index in [9.17, 15) is 4.79 Å². The molecule has 0 saturated heterocycles. The minimum absolute atomic E-state index is 0.273. The van der Waals surface area contributed by atoms with Crippen LogP contribution in [0.3, 0.4) is 0 Å². The fraction of sp³-hybridized carbons (Fsp3) is 0.857. The summed E-state index contributed by atoms with van der Waals surface area (Å²) in [4.78, 5) is 10.8. The van der Waals surface area contributed by atoms with Gasteiger partial charge in [-0.05, 0) is 18.8 Å². The predicted octanol–water partition coefficient (Wildman–Crippen LogP) is 0.287. The van der Waals surface area contributed by atoms with E-state index in [-0.39, 0.29) is 12.0 Å². The molecule has 1 saturated carbocycles. The van der Waals surface area contributed by atoms with Gasteiger partial charge < -0.3 is 10.5 Å². The van der Waals surface area contributed by atoms with Crippen LogP contribution in [0.2, 0.25) is 0 Å². The summed E-state index contributed by atoms with van der Waals surface area (Å²) in [7, 11) is 1.38. The molecule has 0 unspecified atom stereocenters. The molecule has 0 aromatic carbocycles. The highest BCUT2D eigenvalue weighted by Gasteiger charge is 2.29. The Morgan fingerprint density at radius 1 is 1.70 bits per heavy atom. The van der Waals surface area contributed by atoms with Crippen LogP contribution in [0.4, 0.5) is 0 Å². The second-order valence-corrected chi connectivity index (χ2v) is 2.74. The van der Waals surface area contributed by atoms with Gasteiger partial charge in [0.2, 0.25) is 0 Å². The summed E-state index contributed by atoms with van der Waals surface area (Å²) in [6.45, 7) is 0. The molecule has 58 valence electrons. The number of hydrogen-bond donors (Lipinski definition) is 1. The first-order valence-corrected chi connectivity index (χ1v) is 3.59. The average Bonchev–Trinajstić information content (AvgIpc) is 1.82. The second kappa shape index (κ2) is 3.01. The Morgan fingerprint density at radius 3 is 2.60 bits per heavy atom. The molecule has 0 heterocycles. The van der Waals surface area contributed by atoms with Crippen molar-refractivity contribution in [3.05, 3.63) is 0 Å². The maximum Gasteiger partial charge on any atom is 0.322 e. The monoisotopic (exact) mass is 143 g/mol. The summed E-state index contributed by atoms with van der Waals surface area (Å²) in [5.74, 6) is 0.108. The topological polar surface area (TPSA) is 52.3 Å². The zero-order chi connectivity index (χ0) is 7.56. The fourth-order valence-electron chi connectivity index (χ4n) is 1.13. The molecule has 0 amide bonds. The van der Waals surface area contributed by atoms with E-state index in [4.69, 9.17) is 5.73 Å². The lowest BCUT2D eigenvalue weighted by Crippen LogP contribution is -2.41. The Labute approximate surface area is 60.5 Å². The van der Waals surface area contributed by atoms with Gasteiger partial charge in [-0.25, -0.2) is 0 Å². The number of methoxy groups -OCH3 is 1. The molecule has 1 aliphatic rings. The van der Waals surface area contributed by atoms with Crippen LogP contribution in [-0.2, 0) is 9.53 Å². The van der Waals surface area contributed by atoms with Crippen molar-refractivity contribution in [1.29, 1.82) is 0 Å². The van der Waals surface area contributed by atoms with Gasteiger partial charge in [0.25, 0.3) is 0 Å². The van der Waals surface area contributed by atoms with Crippen molar-refractivity contribution >= 4 is 5.97 Å². The number of hydrogen-bond acceptors (Lipinski definition) is 3. The van der Waals surface area contributed by atoms with E-state index in [0.717, 1.165) is 12.8 Å². The summed E-state index contributed by atoms with van der Waals surface area (Å²) < 4.78 is 4.50. The minimum atomic E-state index is -0.376. The van der Waals surface area contributed by atoms with Gasteiger partial charge in [-0.15, -0.1) is 0 Å². The summed E-state index contributed by atoms with van der Waals surface area (Å²) in [5.41, 5.74) is 5.56. The van der Waals surface area contributed by atoms with Crippen LogP contribution in [0.15, 0.2) is 0 Å². The van der Waals surface area contributed by atoms with Crippen LogP contribution < -0.4 is 5.73 Å². The lowest BCUT2D eigenvalue weighted by Gasteiger charge is -2.29. The van der Waals surface area contributed by atoms with Crippen LogP contribution in [-0.4, -0.2) is 19.1 Å². The number of esters is 1. The summed E-state index contributed by atoms with van der Waals surface area (Å²) in [6.07, 6.45) is 3.36. The first-order valence-electron chi connectivity index (χ1n) is 3.59. The molecule has 1 fully saturated rings. The van der Waals surface area contributed by atoms with Gasteiger partial charge in [-0.1, -0.05) is 6.42 Å². The van der Waals surface area contributed by atoms with Gasteiger partial charge in [0.1, 0.15) is 6.04 Å². The third-order valence-electron chi connectivity index (χ3n) is 2.13. The summed E-state index contributed by atoms with van der Waals surface area (Å²) in [6, 6.07) is -0.376. The lowest BCUT2D eigenvalue weighted by molar-refractivity contribution is -0.144. The molecule has 1 aliphatic carbocycles. The molecular formula is C7H13NO2. The molecule has 0 aromatic heterocycles. The van der Waals surface area contributed by atoms with Crippen LogP contribution in [0, 0.1) is 5.92 Å². The van der Waals surface area contributed by atoms with Crippen molar-refractivity contribution < 1.29 is 9.53 Å². The van der Waals surface area contributed by atoms with E-state index in [2.05, 4.69) is 4.74 Å². The van der Waals surface area contributed by atoms with Crippen LogP contribution in [0.25, 0.3) is 0 Å². The van der Waals surface area contributed by atoms with Crippen LogP contribution in [0.5, 0.6) is 0 Å². The molecule has 1 rings (SSSR count). The molecule has 2 N–H and O–H groups in total. The predicted molar refractivity (Wildman–Crippen MR) is 37.3 cm³/mol. The number of ether oxygens (including phenoxy) is 1. The Bertz CT molecular complexity index is 132. The molecule has 3 heteroatoms.